The van der Waals surface area contributed by atoms with Crippen LogP contribution in [-0.4, -0.2) is 36.4 Å². The summed E-state index contributed by atoms with van der Waals surface area (Å²) in [5.74, 6) is 0.332. The van der Waals surface area contributed by atoms with Crippen molar-refractivity contribution in [1.82, 2.24) is 0 Å². The molecule has 3 aliphatic rings. The monoisotopic (exact) mass is 292 g/mol. The van der Waals surface area contributed by atoms with Crippen molar-refractivity contribution in [1.29, 1.82) is 0 Å². The van der Waals surface area contributed by atoms with Crippen molar-refractivity contribution in [2.24, 2.45) is 5.92 Å². The Labute approximate surface area is 109 Å². The van der Waals surface area contributed by atoms with Gasteiger partial charge in [0.05, 0.1) is 18.9 Å². The molecule has 0 spiro atoms. The molecule has 6 atom stereocenters. The average Bonchev–Trinajstić information content (AvgIpc) is 2.89. The van der Waals surface area contributed by atoms with Crippen molar-refractivity contribution < 1.29 is 18.2 Å². The topological polar surface area (TPSA) is 52.6 Å². The summed E-state index contributed by atoms with van der Waals surface area (Å²) >= 11 is 0. The van der Waals surface area contributed by atoms with Gasteiger partial charge in [0.25, 0.3) is 0 Å². The third-order valence-corrected chi connectivity index (χ3v) is 12.1. The molecular weight excluding hydrogens is 270 g/mol. The van der Waals surface area contributed by atoms with Crippen LogP contribution in [-0.2, 0) is 18.2 Å². The van der Waals surface area contributed by atoms with Gasteiger partial charge in [0.1, 0.15) is 0 Å². The predicted octanol–water partition coefficient (Wildman–Crippen LogP) is 3.55. The van der Waals surface area contributed by atoms with Crippen molar-refractivity contribution in [3.05, 3.63) is 0 Å². The smallest absolute Gasteiger partial charge is 0.210 e. The summed E-state index contributed by atoms with van der Waals surface area (Å²) in [4.78, 5) is 0. The van der Waals surface area contributed by atoms with Crippen LogP contribution in [0.3, 0.4) is 0 Å². The maximum atomic E-state index is 13.0. The second-order valence-corrected chi connectivity index (χ2v) is 11.2. The van der Waals surface area contributed by atoms with Gasteiger partial charge in [0.2, 0.25) is 14.7 Å². The minimum absolute atomic E-state index is 0.0207. The van der Waals surface area contributed by atoms with Crippen LogP contribution in [0.15, 0.2) is 0 Å². The summed E-state index contributed by atoms with van der Waals surface area (Å²) in [5, 5.41) is 0. The first kappa shape index (κ1) is 13.4. The molecule has 18 heavy (non-hydrogen) atoms. The Morgan fingerprint density at radius 3 is 2.33 bits per heavy atom. The first-order valence-electron chi connectivity index (χ1n) is 7.04. The summed E-state index contributed by atoms with van der Waals surface area (Å²) in [6.07, 6.45) is 3.52. The molecule has 3 fully saturated rings. The van der Waals surface area contributed by atoms with E-state index in [1.807, 2.05) is 13.8 Å². The van der Waals surface area contributed by atoms with E-state index in [1.165, 1.54) is 0 Å². The fourth-order valence-corrected chi connectivity index (χ4v) is 12.9. The van der Waals surface area contributed by atoms with E-state index < -0.39 is 14.7 Å². The van der Waals surface area contributed by atoms with Gasteiger partial charge in [-0.3, -0.25) is 9.13 Å². The molecule has 0 N–H and O–H groups in total. The van der Waals surface area contributed by atoms with E-state index in [2.05, 4.69) is 0 Å². The summed E-state index contributed by atoms with van der Waals surface area (Å²) in [6.45, 7) is 4.79. The molecule has 2 bridgehead atoms. The van der Waals surface area contributed by atoms with Crippen LogP contribution < -0.4 is 0 Å². The lowest BCUT2D eigenvalue weighted by atomic mass is 9.87. The van der Waals surface area contributed by atoms with Gasteiger partial charge < -0.3 is 9.05 Å². The molecule has 2 unspecified atom stereocenters. The van der Waals surface area contributed by atoms with E-state index >= 15 is 0 Å². The third-order valence-electron chi connectivity index (χ3n) is 4.92. The number of rotatable bonds is 4. The van der Waals surface area contributed by atoms with E-state index in [-0.39, 0.29) is 17.0 Å². The van der Waals surface area contributed by atoms with Crippen LogP contribution in [0, 0.1) is 5.92 Å². The molecule has 4 nitrogen and oxygen atoms in total. The van der Waals surface area contributed by atoms with Crippen LogP contribution in [0.5, 0.6) is 0 Å². The van der Waals surface area contributed by atoms with Crippen molar-refractivity contribution in [2.45, 2.75) is 50.1 Å². The molecule has 0 aromatic heterocycles. The normalized spacial score (nSPS) is 53.9. The molecule has 3 heterocycles. The van der Waals surface area contributed by atoms with E-state index in [4.69, 9.17) is 9.05 Å². The number of hydrogen-bond donors (Lipinski definition) is 0. The lowest BCUT2D eigenvalue weighted by Crippen LogP contribution is -2.27. The molecule has 0 radical (unpaired) electrons. The highest BCUT2D eigenvalue weighted by Crippen LogP contribution is 2.82. The molecule has 104 valence electrons. The minimum atomic E-state index is -2.57. The van der Waals surface area contributed by atoms with Crippen LogP contribution in [0.1, 0.15) is 33.1 Å². The SMILES string of the molecule is CCOP1(=O)CC[C@@H]2[C@H]1[C@@H]1CC[C@H]2P1(=O)OCC. The largest absolute Gasteiger partial charge is 0.329 e. The van der Waals surface area contributed by atoms with Crippen molar-refractivity contribution in [3.8, 4) is 0 Å². The van der Waals surface area contributed by atoms with Gasteiger partial charge >= 0.3 is 0 Å². The first-order chi connectivity index (χ1) is 8.57. The minimum Gasteiger partial charge on any atom is -0.329 e. The molecule has 3 rings (SSSR count). The Morgan fingerprint density at radius 2 is 1.67 bits per heavy atom. The Bertz CT molecular complexity index is 436. The molecule has 0 amide bonds. The van der Waals surface area contributed by atoms with Crippen molar-refractivity contribution in [3.63, 3.8) is 0 Å². The second-order valence-electron chi connectivity index (χ2n) is 5.59. The standard InChI is InChI=1S/C12H22O4P2/c1-3-15-17(13)8-7-9-10-5-6-11(12(9)17)18(10,14)16-4-2/h9-12H,3-8H2,1-2H3/t9-,10+,11-,12-,17?,18?/m0/s1. The third kappa shape index (κ3) is 1.59. The van der Waals surface area contributed by atoms with Crippen molar-refractivity contribution in [2.75, 3.05) is 19.4 Å². The molecule has 3 aliphatic heterocycles. The highest BCUT2D eigenvalue weighted by molar-refractivity contribution is 7.66. The maximum absolute atomic E-state index is 13.0. The number of fused-ring (bicyclic) bond motifs is 5. The first-order valence-corrected chi connectivity index (χ1v) is 10.7. The lowest BCUT2D eigenvalue weighted by molar-refractivity contribution is 0.319. The fourth-order valence-electron chi connectivity index (χ4n) is 4.48. The van der Waals surface area contributed by atoms with Crippen LogP contribution >= 0.6 is 14.7 Å². The Hall–Kier alpha value is 0.380. The molecule has 0 aromatic rings. The van der Waals surface area contributed by atoms with Gasteiger partial charge in [0.15, 0.2) is 0 Å². The van der Waals surface area contributed by atoms with E-state index in [1.54, 1.807) is 0 Å². The van der Waals surface area contributed by atoms with Gasteiger partial charge in [-0.05, 0) is 39.0 Å². The quantitative estimate of drug-likeness (QED) is 0.744. The molecule has 0 saturated carbocycles. The van der Waals surface area contributed by atoms with Crippen LogP contribution in [0.4, 0.5) is 0 Å². The van der Waals surface area contributed by atoms with Gasteiger partial charge in [0, 0.05) is 17.5 Å². The molecule has 3 saturated heterocycles. The Balaban J connectivity index is 1.94. The zero-order valence-corrected chi connectivity index (χ0v) is 12.9. The highest BCUT2D eigenvalue weighted by atomic mass is 31.2. The summed E-state index contributed by atoms with van der Waals surface area (Å²) in [6, 6.07) is 0. The molecule has 0 aliphatic carbocycles. The van der Waals surface area contributed by atoms with Crippen molar-refractivity contribution >= 4 is 14.7 Å². The van der Waals surface area contributed by atoms with Crippen LogP contribution in [0.2, 0.25) is 0 Å². The molecular formula is C12H22O4P2. The molecule has 0 aromatic carbocycles. The van der Waals surface area contributed by atoms with Gasteiger partial charge in [-0.2, -0.15) is 0 Å². The fraction of sp³-hybridized carbons (Fsp3) is 1.00. The van der Waals surface area contributed by atoms with Gasteiger partial charge in [-0.15, -0.1) is 0 Å². The van der Waals surface area contributed by atoms with E-state index in [0.29, 0.717) is 25.3 Å². The highest BCUT2D eigenvalue weighted by Gasteiger charge is 2.69. The maximum Gasteiger partial charge on any atom is 0.210 e. The predicted molar refractivity (Wildman–Crippen MR) is 72.0 cm³/mol. The summed E-state index contributed by atoms with van der Waals surface area (Å²) in [7, 11) is -5.15. The summed E-state index contributed by atoms with van der Waals surface area (Å²) < 4.78 is 37.2. The van der Waals surface area contributed by atoms with Gasteiger partial charge in [-0.25, -0.2) is 0 Å². The zero-order chi connectivity index (χ0) is 13.0. The summed E-state index contributed by atoms with van der Waals surface area (Å²) in [5.41, 5.74) is 0.227. The lowest BCUT2D eigenvalue weighted by Gasteiger charge is -2.27. The number of hydrogen-bond acceptors (Lipinski definition) is 4. The van der Waals surface area contributed by atoms with E-state index in [0.717, 1.165) is 19.3 Å². The van der Waals surface area contributed by atoms with Gasteiger partial charge in [-0.1, -0.05) is 0 Å². The van der Waals surface area contributed by atoms with Crippen LogP contribution in [0.25, 0.3) is 0 Å². The Morgan fingerprint density at radius 1 is 1.00 bits per heavy atom. The van der Waals surface area contributed by atoms with E-state index in [9.17, 15) is 9.13 Å². The molecule has 6 heteroatoms. The average molecular weight is 292 g/mol. The Kier molecular flexibility index (Phi) is 3.30. The zero-order valence-electron chi connectivity index (χ0n) is 11.1. The second kappa shape index (κ2) is 4.45.